The fourth-order valence-electron chi connectivity index (χ4n) is 3.89. The summed E-state index contributed by atoms with van der Waals surface area (Å²) in [6, 6.07) is 9.96. The summed E-state index contributed by atoms with van der Waals surface area (Å²) in [6.45, 7) is 4.27. The van der Waals surface area contributed by atoms with Crippen LogP contribution < -0.4 is 5.73 Å². The van der Waals surface area contributed by atoms with Crippen LogP contribution in [0.25, 0.3) is 10.8 Å². The molecule has 1 aliphatic carbocycles. The average molecular weight is 420 g/mol. The smallest absolute Gasteiger partial charge is 0.124 e. The molecular formula is C24H37NO3S. The number of fused-ring (bicyclic) bond motifs is 1. The highest BCUT2D eigenvalue weighted by Gasteiger charge is 2.10. The molecule has 1 fully saturated rings. The summed E-state index contributed by atoms with van der Waals surface area (Å²) >= 11 is 0. The molecule has 0 aliphatic heterocycles. The van der Waals surface area contributed by atoms with Gasteiger partial charge < -0.3 is 10.3 Å². The molecule has 1 aliphatic rings. The van der Waals surface area contributed by atoms with Crippen molar-refractivity contribution in [3.63, 3.8) is 0 Å². The first-order valence-corrected chi connectivity index (χ1v) is 12.6. The van der Waals surface area contributed by atoms with Crippen LogP contribution in [-0.2, 0) is 23.0 Å². The SMILES string of the molecule is CCCCc1ccc2cc(S(=O)(=O)[O-])cc(CCCC)c2c1.[NH3+]C1CCCCC1. The highest BCUT2D eigenvalue weighted by Crippen LogP contribution is 2.27. The van der Waals surface area contributed by atoms with Gasteiger partial charge in [0.05, 0.1) is 10.9 Å². The summed E-state index contributed by atoms with van der Waals surface area (Å²) < 4.78 is 34.1. The Hall–Kier alpha value is -1.43. The minimum absolute atomic E-state index is 0.118. The van der Waals surface area contributed by atoms with Gasteiger partial charge in [-0.1, -0.05) is 51.3 Å². The first-order chi connectivity index (χ1) is 13.8. The van der Waals surface area contributed by atoms with Crippen LogP contribution in [0.5, 0.6) is 0 Å². The molecule has 5 heteroatoms. The fourth-order valence-corrected chi connectivity index (χ4v) is 4.45. The van der Waals surface area contributed by atoms with Gasteiger partial charge in [0.15, 0.2) is 0 Å². The summed E-state index contributed by atoms with van der Waals surface area (Å²) in [6.07, 6.45) is 13.2. The van der Waals surface area contributed by atoms with Gasteiger partial charge in [0, 0.05) is 0 Å². The Balaban J connectivity index is 0.000000360. The quantitative estimate of drug-likeness (QED) is 0.642. The van der Waals surface area contributed by atoms with Crippen molar-refractivity contribution in [2.24, 2.45) is 0 Å². The molecule has 0 radical (unpaired) electrons. The molecule has 0 heterocycles. The Morgan fingerprint density at radius 1 is 0.966 bits per heavy atom. The van der Waals surface area contributed by atoms with Gasteiger partial charge in [-0.15, -0.1) is 0 Å². The zero-order valence-electron chi connectivity index (χ0n) is 18.1. The molecule has 0 aromatic heterocycles. The molecular weight excluding hydrogens is 382 g/mol. The second-order valence-corrected chi connectivity index (χ2v) is 9.68. The lowest BCUT2D eigenvalue weighted by Gasteiger charge is -2.14. The van der Waals surface area contributed by atoms with E-state index in [0.29, 0.717) is 0 Å². The van der Waals surface area contributed by atoms with Crippen molar-refractivity contribution in [3.05, 3.63) is 41.5 Å². The Bertz CT molecular complexity index is 871. The van der Waals surface area contributed by atoms with Gasteiger partial charge in [-0.25, -0.2) is 8.42 Å². The van der Waals surface area contributed by atoms with E-state index in [0.717, 1.165) is 60.9 Å². The summed E-state index contributed by atoms with van der Waals surface area (Å²) in [4.78, 5) is -0.118. The predicted molar refractivity (Wildman–Crippen MR) is 119 cm³/mol. The number of rotatable bonds is 7. The summed E-state index contributed by atoms with van der Waals surface area (Å²) in [5, 5.41) is 1.91. The van der Waals surface area contributed by atoms with Crippen molar-refractivity contribution >= 4 is 20.9 Å². The number of benzene rings is 2. The van der Waals surface area contributed by atoms with Crippen molar-refractivity contribution in [3.8, 4) is 0 Å². The minimum atomic E-state index is -4.42. The second-order valence-electron chi connectivity index (χ2n) is 8.30. The van der Waals surface area contributed by atoms with Crippen LogP contribution >= 0.6 is 0 Å². The maximum atomic E-state index is 11.4. The van der Waals surface area contributed by atoms with Gasteiger partial charge in [-0.2, -0.15) is 0 Å². The van der Waals surface area contributed by atoms with Gasteiger partial charge in [0.1, 0.15) is 10.1 Å². The van der Waals surface area contributed by atoms with Crippen molar-refractivity contribution in [2.75, 3.05) is 0 Å². The number of quaternary nitrogens is 1. The Morgan fingerprint density at radius 3 is 2.17 bits per heavy atom. The first-order valence-electron chi connectivity index (χ1n) is 11.2. The van der Waals surface area contributed by atoms with Crippen LogP contribution in [0.15, 0.2) is 35.2 Å². The fraction of sp³-hybridized carbons (Fsp3) is 0.583. The molecule has 3 N–H and O–H groups in total. The lowest BCUT2D eigenvalue weighted by Crippen LogP contribution is -2.61. The average Bonchev–Trinajstić information content (AvgIpc) is 2.70. The number of aryl methyl sites for hydroxylation is 2. The van der Waals surface area contributed by atoms with E-state index < -0.39 is 10.1 Å². The van der Waals surface area contributed by atoms with Crippen molar-refractivity contribution < 1.29 is 18.7 Å². The molecule has 2 aromatic carbocycles. The monoisotopic (exact) mass is 419 g/mol. The van der Waals surface area contributed by atoms with Crippen LogP contribution in [0, 0.1) is 0 Å². The highest BCUT2D eigenvalue weighted by atomic mass is 32.2. The number of hydrogen-bond donors (Lipinski definition) is 1. The second kappa shape index (κ2) is 11.7. The lowest BCUT2D eigenvalue weighted by atomic mass is 9.97. The van der Waals surface area contributed by atoms with E-state index in [4.69, 9.17) is 0 Å². The summed E-state index contributed by atoms with van der Waals surface area (Å²) in [7, 11) is -4.42. The molecule has 0 unspecified atom stereocenters. The van der Waals surface area contributed by atoms with Crippen LogP contribution in [0.1, 0.15) is 82.8 Å². The standard InChI is InChI=1S/C18H24O3S.C6H13N/c1-3-5-7-14-9-10-16-13-17(22(19,20)21)12-15(8-6-4-2)18(16)11-14;7-6-4-2-1-3-5-6/h9-13H,3-8H2,1-2H3,(H,19,20,21);6H,1-5,7H2. The third-order valence-corrected chi connectivity index (χ3v) is 6.52. The maximum absolute atomic E-state index is 11.4. The highest BCUT2D eigenvalue weighted by molar-refractivity contribution is 7.85. The zero-order chi connectivity index (χ0) is 21.3. The predicted octanol–water partition coefficient (Wildman–Crippen LogP) is 4.99. The molecule has 0 atom stereocenters. The molecule has 0 saturated heterocycles. The van der Waals surface area contributed by atoms with Crippen LogP contribution in [0.2, 0.25) is 0 Å². The molecule has 4 nitrogen and oxygen atoms in total. The molecule has 0 spiro atoms. The molecule has 0 bridgehead atoms. The van der Waals surface area contributed by atoms with E-state index in [-0.39, 0.29) is 4.90 Å². The van der Waals surface area contributed by atoms with Gasteiger partial charge in [-0.05, 0) is 85.4 Å². The molecule has 1 saturated carbocycles. The van der Waals surface area contributed by atoms with Gasteiger partial charge in [0.25, 0.3) is 0 Å². The Labute approximate surface area is 176 Å². The normalized spacial score (nSPS) is 15.2. The Kier molecular flexibility index (Phi) is 9.60. The first kappa shape index (κ1) is 23.8. The van der Waals surface area contributed by atoms with Gasteiger partial charge in [0.2, 0.25) is 0 Å². The molecule has 3 rings (SSSR count). The van der Waals surface area contributed by atoms with E-state index in [1.165, 1.54) is 43.7 Å². The number of hydrogen-bond acceptors (Lipinski definition) is 3. The topological polar surface area (TPSA) is 84.8 Å². The lowest BCUT2D eigenvalue weighted by molar-refractivity contribution is -0.425. The minimum Gasteiger partial charge on any atom is -0.744 e. The molecule has 29 heavy (non-hydrogen) atoms. The largest absolute Gasteiger partial charge is 0.744 e. The van der Waals surface area contributed by atoms with E-state index in [1.807, 2.05) is 12.1 Å². The Morgan fingerprint density at radius 2 is 1.62 bits per heavy atom. The van der Waals surface area contributed by atoms with Gasteiger partial charge >= 0.3 is 0 Å². The third-order valence-electron chi connectivity index (χ3n) is 5.71. The van der Waals surface area contributed by atoms with Crippen molar-refractivity contribution in [2.45, 2.75) is 95.4 Å². The maximum Gasteiger partial charge on any atom is 0.124 e. The van der Waals surface area contributed by atoms with E-state index >= 15 is 0 Å². The zero-order valence-corrected chi connectivity index (χ0v) is 18.9. The molecule has 2 aromatic rings. The van der Waals surface area contributed by atoms with E-state index in [9.17, 15) is 13.0 Å². The van der Waals surface area contributed by atoms with Crippen LogP contribution in [-0.4, -0.2) is 19.0 Å². The van der Waals surface area contributed by atoms with Crippen LogP contribution in [0.3, 0.4) is 0 Å². The summed E-state index contributed by atoms with van der Waals surface area (Å²) in [5.41, 5.74) is 6.23. The molecule has 0 amide bonds. The van der Waals surface area contributed by atoms with E-state index in [1.54, 1.807) is 6.07 Å². The van der Waals surface area contributed by atoms with Crippen molar-refractivity contribution in [1.29, 1.82) is 0 Å². The third kappa shape index (κ3) is 7.72. The van der Waals surface area contributed by atoms with Gasteiger partial charge in [-0.3, -0.25) is 0 Å². The van der Waals surface area contributed by atoms with E-state index in [2.05, 4.69) is 25.6 Å². The molecule has 162 valence electrons. The van der Waals surface area contributed by atoms with Crippen LogP contribution in [0.4, 0.5) is 0 Å². The summed E-state index contributed by atoms with van der Waals surface area (Å²) in [5.74, 6) is 0. The number of unbranched alkanes of at least 4 members (excludes halogenated alkanes) is 2. The van der Waals surface area contributed by atoms with Crippen molar-refractivity contribution in [1.82, 2.24) is 0 Å².